The number of aryl methyl sites for hydroxylation is 1. The zero-order valence-electron chi connectivity index (χ0n) is 11.2. The molecule has 0 spiro atoms. The molecule has 0 unspecified atom stereocenters. The van der Waals surface area contributed by atoms with Crippen molar-refractivity contribution in [3.05, 3.63) is 29.6 Å². The highest BCUT2D eigenvalue weighted by Gasteiger charge is 2.05. The average Bonchev–Trinajstić information content (AvgIpc) is 2.27. The van der Waals surface area contributed by atoms with E-state index in [0.717, 1.165) is 24.2 Å². The van der Waals surface area contributed by atoms with Crippen molar-refractivity contribution < 1.29 is 14.2 Å². The molecule has 3 heteroatoms. The molecule has 0 amide bonds. The number of ether oxygens (including phenoxy) is 1. The minimum atomic E-state index is -0.190. The Morgan fingerprint density at radius 3 is 2.41 bits per heavy atom. The third-order valence-electron chi connectivity index (χ3n) is 2.23. The summed E-state index contributed by atoms with van der Waals surface area (Å²) in [5, 5.41) is 7.57. The first-order chi connectivity index (χ1) is 8.04. The van der Waals surface area contributed by atoms with Gasteiger partial charge in [-0.05, 0) is 49.4 Å². The first kappa shape index (κ1) is 15.9. The lowest BCUT2D eigenvalue weighted by Crippen LogP contribution is -1.96. The topological polar surface area (TPSA) is 29.5 Å². The monoisotopic (exact) mass is 242 g/mol. The van der Waals surface area contributed by atoms with E-state index in [-0.39, 0.29) is 12.4 Å². The third kappa shape index (κ3) is 6.95. The summed E-state index contributed by atoms with van der Waals surface area (Å²) in [6.07, 6.45) is 1.93. The lowest BCUT2D eigenvalue weighted by atomic mass is 10.0. The van der Waals surface area contributed by atoms with Crippen molar-refractivity contribution in [1.82, 2.24) is 0 Å². The maximum atomic E-state index is 13.0. The minimum Gasteiger partial charge on any atom is -0.496 e. The molecule has 1 aromatic carbocycles. The number of methoxy groups -OCH3 is 1. The highest BCUT2D eigenvalue weighted by atomic mass is 19.1. The van der Waals surface area contributed by atoms with Crippen LogP contribution in [0.3, 0.4) is 0 Å². The van der Waals surface area contributed by atoms with Crippen LogP contribution in [0.15, 0.2) is 18.2 Å². The predicted molar refractivity (Wildman–Crippen MR) is 68.9 cm³/mol. The quantitative estimate of drug-likeness (QED) is 0.876. The number of aliphatic hydroxyl groups is 1. The normalized spacial score (nSPS) is 9.82. The number of rotatable bonds is 4. The van der Waals surface area contributed by atoms with Crippen LogP contribution in [-0.4, -0.2) is 18.8 Å². The van der Waals surface area contributed by atoms with Crippen LogP contribution in [0.5, 0.6) is 5.75 Å². The maximum Gasteiger partial charge on any atom is 0.123 e. The smallest absolute Gasteiger partial charge is 0.123 e. The van der Waals surface area contributed by atoms with Gasteiger partial charge in [0.2, 0.25) is 0 Å². The standard InChI is InChI=1S/C12H17FO.C2H6O/c1-9(2)4-5-10-8-11(13)6-7-12(10)14-3;1-2-3/h6-9H,4-5H2,1-3H3;3H,2H2,1H3. The zero-order chi connectivity index (χ0) is 13.3. The van der Waals surface area contributed by atoms with Gasteiger partial charge in [-0.25, -0.2) is 4.39 Å². The molecule has 0 fully saturated rings. The van der Waals surface area contributed by atoms with Crippen LogP contribution in [0.4, 0.5) is 4.39 Å². The van der Waals surface area contributed by atoms with E-state index in [0.29, 0.717) is 5.92 Å². The van der Waals surface area contributed by atoms with Gasteiger partial charge >= 0.3 is 0 Å². The molecule has 1 aromatic rings. The number of hydrogen-bond donors (Lipinski definition) is 1. The van der Waals surface area contributed by atoms with Crippen molar-refractivity contribution in [2.24, 2.45) is 5.92 Å². The Hall–Kier alpha value is -1.09. The average molecular weight is 242 g/mol. The Morgan fingerprint density at radius 2 is 1.94 bits per heavy atom. The number of benzene rings is 1. The first-order valence-corrected chi connectivity index (χ1v) is 5.98. The molecule has 0 aromatic heterocycles. The van der Waals surface area contributed by atoms with E-state index in [9.17, 15) is 4.39 Å². The van der Waals surface area contributed by atoms with Crippen molar-refractivity contribution in [2.75, 3.05) is 13.7 Å². The molecule has 0 aliphatic rings. The summed E-state index contributed by atoms with van der Waals surface area (Å²) in [6.45, 7) is 6.25. The van der Waals surface area contributed by atoms with Crippen molar-refractivity contribution >= 4 is 0 Å². The molecule has 0 saturated carbocycles. The fourth-order valence-corrected chi connectivity index (χ4v) is 1.39. The second kappa shape index (κ2) is 8.99. The third-order valence-corrected chi connectivity index (χ3v) is 2.23. The summed E-state index contributed by atoms with van der Waals surface area (Å²) < 4.78 is 18.1. The molecule has 17 heavy (non-hydrogen) atoms. The molecule has 0 radical (unpaired) electrons. The Labute approximate surface area is 103 Å². The van der Waals surface area contributed by atoms with Crippen LogP contribution in [0.2, 0.25) is 0 Å². The van der Waals surface area contributed by atoms with Crippen LogP contribution in [0.1, 0.15) is 32.8 Å². The summed E-state index contributed by atoms with van der Waals surface area (Å²) in [6, 6.07) is 4.67. The first-order valence-electron chi connectivity index (χ1n) is 5.98. The summed E-state index contributed by atoms with van der Waals surface area (Å²) in [7, 11) is 1.62. The van der Waals surface area contributed by atoms with Gasteiger partial charge in [0.15, 0.2) is 0 Å². The van der Waals surface area contributed by atoms with E-state index >= 15 is 0 Å². The molecule has 0 aliphatic heterocycles. The van der Waals surface area contributed by atoms with Gasteiger partial charge in [-0.1, -0.05) is 13.8 Å². The maximum absolute atomic E-state index is 13.0. The lowest BCUT2D eigenvalue weighted by molar-refractivity contribution is 0.318. The van der Waals surface area contributed by atoms with Gasteiger partial charge in [-0.2, -0.15) is 0 Å². The zero-order valence-corrected chi connectivity index (χ0v) is 11.2. The Balaban J connectivity index is 0.000000770. The minimum absolute atomic E-state index is 0.190. The number of hydrogen-bond acceptors (Lipinski definition) is 2. The predicted octanol–water partition coefficient (Wildman–Crippen LogP) is 3.42. The summed E-state index contributed by atoms with van der Waals surface area (Å²) >= 11 is 0. The van der Waals surface area contributed by atoms with Gasteiger partial charge < -0.3 is 9.84 Å². The molecule has 2 nitrogen and oxygen atoms in total. The van der Waals surface area contributed by atoms with Gasteiger partial charge in [0.1, 0.15) is 11.6 Å². The van der Waals surface area contributed by atoms with Crippen LogP contribution < -0.4 is 4.74 Å². The fraction of sp³-hybridized carbons (Fsp3) is 0.571. The van der Waals surface area contributed by atoms with Crippen molar-refractivity contribution in [3.63, 3.8) is 0 Å². The van der Waals surface area contributed by atoms with Crippen molar-refractivity contribution in [3.8, 4) is 5.75 Å². The van der Waals surface area contributed by atoms with E-state index in [4.69, 9.17) is 9.84 Å². The molecule has 0 atom stereocenters. The second-order valence-electron chi connectivity index (χ2n) is 4.20. The van der Waals surface area contributed by atoms with Gasteiger partial charge in [0, 0.05) is 6.61 Å². The molecular formula is C14H23FO2. The highest BCUT2D eigenvalue weighted by Crippen LogP contribution is 2.21. The fourth-order valence-electron chi connectivity index (χ4n) is 1.39. The molecule has 0 heterocycles. The highest BCUT2D eigenvalue weighted by molar-refractivity contribution is 5.33. The van der Waals surface area contributed by atoms with Gasteiger partial charge in [-0.3, -0.25) is 0 Å². The molecule has 1 N–H and O–H groups in total. The summed E-state index contributed by atoms with van der Waals surface area (Å²) in [5.74, 6) is 1.22. The Morgan fingerprint density at radius 1 is 1.35 bits per heavy atom. The van der Waals surface area contributed by atoms with E-state index in [1.807, 2.05) is 0 Å². The van der Waals surface area contributed by atoms with Gasteiger partial charge in [-0.15, -0.1) is 0 Å². The van der Waals surface area contributed by atoms with Crippen LogP contribution in [-0.2, 0) is 6.42 Å². The van der Waals surface area contributed by atoms with Crippen molar-refractivity contribution in [2.45, 2.75) is 33.6 Å². The van der Waals surface area contributed by atoms with Crippen LogP contribution in [0.25, 0.3) is 0 Å². The molecule has 0 aliphatic carbocycles. The largest absolute Gasteiger partial charge is 0.496 e. The van der Waals surface area contributed by atoms with E-state index < -0.39 is 0 Å². The second-order valence-corrected chi connectivity index (χ2v) is 4.20. The summed E-state index contributed by atoms with van der Waals surface area (Å²) in [4.78, 5) is 0. The van der Waals surface area contributed by atoms with Crippen molar-refractivity contribution in [1.29, 1.82) is 0 Å². The van der Waals surface area contributed by atoms with E-state index in [2.05, 4.69) is 13.8 Å². The van der Waals surface area contributed by atoms with E-state index in [1.165, 1.54) is 6.07 Å². The molecular weight excluding hydrogens is 219 g/mol. The van der Waals surface area contributed by atoms with Crippen LogP contribution >= 0.6 is 0 Å². The molecule has 0 saturated heterocycles. The lowest BCUT2D eigenvalue weighted by Gasteiger charge is -2.09. The molecule has 0 bridgehead atoms. The SMILES string of the molecule is CCO.COc1ccc(F)cc1CCC(C)C. The van der Waals surface area contributed by atoms with E-state index in [1.54, 1.807) is 26.2 Å². The summed E-state index contributed by atoms with van der Waals surface area (Å²) in [5.41, 5.74) is 0.959. The number of halogens is 1. The van der Waals surface area contributed by atoms with Gasteiger partial charge in [0.05, 0.1) is 7.11 Å². The molecule has 98 valence electrons. The number of aliphatic hydroxyl groups excluding tert-OH is 1. The van der Waals surface area contributed by atoms with Crippen LogP contribution in [0, 0.1) is 11.7 Å². The van der Waals surface area contributed by atoms with Gasteiger partial charge in [0.25, 0.3) is 0 Å². The molecule has 1 rings (SSSR count). The Bertz CT molecular complexity index is 311. The Kier molecular flexibility index (Phi) is 8.42.